The Morgan fingerprint density at radius 2 is 1.81 bits per heavy atom. The highest BCUT2D eigenvalue weighted by Gasteiger charge is 2.40. The van der Waals surface area contributed by atoms with Gasteiger partial charge in [-0.05, 0) is 43.9 Å². The molecule has 116 valence electrons. The van der Waals surface area contributed by atoms with Gasteiger partial charge >= 0.3 is 0 Å². The van der Waals surface area contributed by atoms with E-state index in [9.17, 15) is 0 Å². The Labute approximate surface area is 132 Å². The van der Waals surface area contributed by atoms with Gasteiger partial charge in [-0.2, -0.15) is 0 Å². The van der Waals surface area contributed by atoms with Gasteiger partial charge in [-0.15, -0.1) is 0 Å². The van der Waals surface area contributed by atoms with Gasteiger partial charge in [0.1, 0.15) is 0 Å². The summed E-state index contributed by atoms with van der Waals surface area (Å²) < 4.78 is 11.6. The second kappa shape index (κ2) is 6.66. The van der Waals surface area contributed by atoms with E-state index in [2.05, 4.69) is 24.4 Å². The maximum absolute atomic E-state index is 5.92. The first-order valence-electron chi connectivity index (χ1n) is 7.94. The summed E-state index contributed by atoms with van der Waals surface area (Å²) in [5.41, 5.74) is 1.33. The van der Waals surface area contributed by atoms with E-state index in [4.69, 9.17) is 21.1 Å². The first-order valence-corrected chi connectivity index (χ1v) is 8.31. The van der Waals surface area contributed by atoms with Crippen LogP contribution in [0.3, 0.4) is 0 Å². The Balaban J connectivity index is 1.45. The van der Waals surface area contributed by atoms with Crippen molar-refractivity contribution in [2.75, 3.05) is 13.2 Å². The molecule has 3 rings (SSSR count). The molecule has 0 aromatic heterocycles. The molecule has 4 heteroatoms. The van der Waals surface area contributed by atoms with Gasteiger partial charge in [-0.1, -0.05) is 23.7 Å². The standard InChI is InChI=1S/C17H24ClNO2/c1-13(12-14-2-4-15(18)5-3-14)19-16-6-8-17(9-7-16)20-10-11-21-17/h2-5,13,16,19H,6-12H2,1H3. The van der Waals surface area contributed by atoms with Crippen molar-refractivity contribution in [3.8, 4) is 0 Å². The van der Waals surface area contributed by atoms with E-state index < -0.39 is 0 Å². The van der Waals surface area contributed by atoms with Crippen LogP contribution in [0.5, 0.6) is 0 Å². The van der Waals surface area contributed by atoms with Gasteiger partial charge in [0.05, 0.1) is 13.2 Å². The zero-order chi connectivity index (χ0) is 14.7. The van der Waals surface area contributed by atoms with Crippen LogP contribution in [0.4, 0.5) is 0 Å². The lowest BCUT2D eigenvalue weighted by Gasteiger charge is -2.36. The Morgan fingerprint density at radius 1 is 1.19 bits per heavy atom. The second-order valence-corrected chi connectivity index (χ2v) is 6.72. The van der Waals surface area contributed by atoms with Crippen molar-refractivity contribution in [2.24, 2.45) is 0 Å². The summed E-state index contributed by atoms with van der Waals surface area (Å²) >= 11 is 5.92. The predicted octanol–water partition coefficient (Wildman–Crippen LogP) is 3.55. The summed E-state index contributed by atoms with van der Waals surface area (Å²) in [6.45, 7) is 3.76. The van der Waals surface area contributed by atoms with Crippen LogP contribution in [-0.4, -0.2) is 31.1 Å². The average molecular weight is 310 g/mol. The Kier molecular flexibility index (Phi) is 4.85. The highest BCUT2D eigenvalue weighted by molar-refractivity contribution is 6.30. The fraction of sp³-hybridized carbons (Fsp3) is 0.647. The van der Waals surface area contributed by atoms with Crippen molar-refractivity contribution < 1.29 is 9.47 Å². The fourth-order valence-corrected chi connectivity index (χ4v) is 3.57. The third-order valence-corrected chi connectivity index (χ3v) is 4.79. The molecule has 3 nitrogen and oxygen atoms in total. The lowest BCUT2D eigenvalue weighted by atomic mass is 9.89. The van der Waals surface area contributed by atoms with Crippen LogP contribution in [0.2, 0.25) is 5.02 Å². The summed E-state index contributed by atoms with van der Waals surface area (Å²) in [5.74, 6) is -0.252. The van der Waals surface area contributed by atoms with Crippen LogP contribution in [0.25, 0.3) is 0 Å². The SMILES string of the molecule is CC(Cc1ccc(Cl)cc1)NC1CCC2(CC1)OCCO2. The molecule has 0 amide bonds. The molecule has 1 saturated heterocycles. The van der Waals surface area contributed by atoms with E-state index in [1.165, 1.54) is 5.56 Å². The van der Waals surface area contributed by atoms with Crippen molar-refractivity contribution in [1.82, 2.24) is 5.32 Å². The first-order chi connectivity index (χ1) is 10.2. The second-order valence-electron chi connectivity index (χ2n) is 6.28. The molecule has 1 spiro atoms. The van der Waals surface area contributed by atoms with E-state index >= 15 is 0 Å². The van der Waals surface area contributed by atoms with Crippen molar-refractivity contribution >= 4 is 11.6 Å². The smallest absolute Gasteiger partial charge is 0.168 e. The van der Waals surface area contributed by atoms with Crippen LogP contribution in [0.1, 0.15) is 38.2 Å². The predicted molar refractivity (Wildman–Crippen MR) is 84.6 cm³/mol. The largest absolute Gasteiger partial charge is 0.348 e. The van der Waals surface area contributed by atoms with Gasteiger partial charge in [0, 0.05) is 29.9 Å². The fourth-order valence-electron chi connectivity index (χ4n) is 3.45. The topological polar surface area (TPSA) is 30.5 Å². The molecule has 2 fully saturated rings. The Hall–Kier alpha value is -0.610. The number of hydrogen-bond acceptors (Lipinski definition) is 3. The molecule has 1 saturated carbocycles. The zero-order valence-electron chi connectivity index (χ0n) is 12.6. The zero-order valence-corrected chi connectivity index (χ0v) is 13.4. The molecule has 1 atom stereocenters. The van der Waals surface area contributed by atoms with E-state index in [-0.39, 0.29) is 5.79 Å². The average Bonchev–Trinajstić information content (AvgIpc) is 2.93. The molecule has 1 aliphatic carbocycles. The number of benzene rings is 1. The molecule has 1 N–H and O–H groups in total. The van der Waals surface area contributed by atoms with Crippen LogP contribution in [0.15, 0.2) is 24.3 Å². The number of nitrogens with one attached hydrogen (secondary N) is 1. The number of halogens is 1. The lowest BCUT2D eigenvalue weighted by Crippen LogP contribution is -2.45. The van der Waals surface area contributed by atoms with Crippen molar-refractivity contribution in [1.29, 1.82) is 0 Å². The summed E-state index contributed by atoms with van der Waals surface area (Å²) in [6.07, 6.45) is 5.32. The molecule has 2 aliphatic rings. The van der Waals surface area contributed by atoms with Crippen molar-refractivity contribution in [3.63, 3.8) is 0 Å². The summed E-state index contributed by atoms with van der Waals surface area (Å²) in [7, 11) is 0. The molecular formula is C17H24ClNO2. The van der Waals surface area contributed by atoms with Gasteiger partial charge in [0.25, 0.3) is 0 Å². The number of hydrogen-bond donors (Lipinski definition) is 1. The highest BCUT2D eigenvalue weighted by atomic mass is 35.5. The molecule has 1 aromatic rings. The molecule has 1 aromatic carbocycles. The van der Waals surface area contributed by atoms with Crippen LogP contribution in [-0.2, 0) is 15.9 Å². The number of rotatable bonds is 4. The normalized spacial score (nSPS) is 23.5. The molecular weight excluding hydrogens is 286 g/mol. The minimum atomic E-state index is -0.252. The van der Waals surface area contributed by atoms with Gasteiger partial charge in [-0.3, -0.25) is 0 Å². The van der Waals surface area contributed by atoms with Gasteiger partial charge in [-0.25, -0.2) is 0 Å². The summed E-state index contributed by atoms with van der Waals surface area (Å²) in [6, 6.07) is 9.18. The van der Waals surface area contributed by atoms with Gasteiger partial charge in [0.15, 0.2) is 5.79 Å². The maximum Gasteiger partial charge on any atom is 0.168 e. The minimum absolute atomic E-state index is 0.252. The van der Waals surface area contributed by atoms with Crippen LogP contribution < -0.4 is 5.32 Å². The van der Waals surface area contributed by atoms with Crippen molar-refractivity contribution in [2.45, 2.75) is 56.9 Å². The van der Waals surface area contributed by atoms with Gasteiger partial charge in [0.2, 0.25) is 0 Å². The summed E-state index contributed by atoms with van der Waals surface area (Å²) in [4.78, 5) is 0. The monoisotopic (exact) mass is 309 g/mol. The highest BCUT2D eigenvalue weighted by Crippen LogP contribution is 2.35. The molecule has 0 radical (unpaired) electrons. The third-order valence-electron chi connectivity index (χ3n) is 4.54. The van der Waals surface area contributed by atoms with Crippen molar-refractivity contribution in [3.05, 3.63) is 34.9 Å². The Bertz CT molecular complexity index is 446. The van der Waals surface area contributed by atoms with E-state index in [0.717, 1.165) is 50.3 Å². The van der Waals surface area contributed by atoms with E-state index in [1.807, 2.05) is 12.1 Å². The van der Waals surface area contributed by atoms with Gasteiger partial charge < -0.3 is 14.8 Å². The maximum atomic E-state index is 5.92. The van der Waals surface area contributed by atoms with E-state index in [0.29, 0.717) is 12.1 Å². The minimum Gasteiger partial charge on any atom is -0.348 e. The molecule has 1 aliphatic heterocycles. The molecule has 1 heterocycles. The molecule has 0 bridgehead atoms. The van der Waals surface area contributed by atoms with Crippen LogP contribution in [0, 0.1) is 0 Å². The number of ether oxygens (including phenoxy) is 2. The quantitative estimate of drug-likeness (QED) is 0.922. The molecule has 1 unspecified atom stereocenters. The first kappa shape index (κ1) is 15.3. The Morgan fingerprint density at radius 3 is 2.43 bits per heavy atom. The third kappa shape index (κ3) is 3.98. The lowest BCUT2D eigenvalue weighted by molar-refractivity contribution is -0.179. The van der Waals surface area contributed by atoms with E-state index in [1.54, 1.807) is 0 Å². The summed E-state index contributed by atoms with van der Waals surface area (Å²) in [5, 5.41) is 4.54. The molecule has 21 heavy (non-hydrogen) atoms. The van der Waals surface area contributed by atoms with Crippen LogP contribution >= 0.6 is 11.6 Å².